The Morgan fingerprint density at radius 1 is 1.31 bits per heavy atom. The molecule has 1 aliphatic heterocycles. The van der Waals surface area contributed by atoms with Crippen LogP contribution >= 0.6 is 11.6 Å². The van der Waals surface area contributed by atoms with Crippen LogP contribution in [0, 0.1) is 0 Å². The zero-order chi connectivity index (χ0) is 11.4. The fourth-order valence-electron chi connectivity index (χ4n) is 2.18. The number of hydrogen-bond donors (Lipinski definition) is 1. The molecule has 1 fully saturated rings. The van der Waals surface area contributed by atoms with Gasteiger partial charge in [0.2, 0.25) is 0 Å². The van der Waals surface area contributed by atoms with E-state index in [-0.39, 0.29) is 5.38 Å². The fourth-order valence-corrected chi connectivity index (χ4v) is 2.39. The van der Waals surface area contributed by atoms with Crippen LogP contribution in [0.3, 0.4) is 0 Å². The molecule has 1 atom stereocenters. The lowest BCUT2D eigenvalue weighted by atomic mass is 10.0. The summed E-state index contributed by atoms with van der Waals surface area (Å²) in [4.78, 5) is 2.48. The number of halogens is 1. The highest BCUT2D eigenvalue weighted by molar-refractivity contribution is 6.20. The third-order valence-electron chi connectivity index (χ3n) is 3.09. The molecule has 1 unspecified atom stereocenters. The molecule has 1 aromatic rings. The normalized spacial score (nSPS) is 19.6. The van der Waals surface area contributed by atoms with Gasteiger partial charge in [-0.3, -0.25) is 4.90 Å². The average molecular weight is 239 g/mol. The SMILES string of the molecule is CC(Cl)c1ccccc1CN1CCNCC1. The summed E-state index contributed by atoms with van der Waals surface area (Å²) in [6, 6.07) is 8.49. The molecule has 88 valence electrons. The molecule has 0 aromatic heterocycles. The average Bonchev–Trinajstić information content (AvgIpc) is 2.31. The number of piperazine rings is 1. The maximum absolute atomic E-state index is 6.20. The van der Waals surface area contributed by atoms with Gasteiger partial charge in [0.05, 0.1) is 5.38 Å². The van der Waals surface area contributed by atoms with Crippen molar-refractivity contribution in [2.75, 3.05) is 26.2 Å². The number of nitrogens with one attached hydrogen (secondary N) is 1. The molecule has 3 heteroatoms. The summed E-state index contributed by atoms with van der Waals surface area (Å²) in [5.74, 6) is 0. The predicted molar refractivity (Wildman–Crippen MR) is 68.9 cm³/mol. The number of hydrogen-bond acceptors (Lipinski definition) is 2. The molecule has 1 aromatic carbocycles. The van der Waals surface area contributed by atoms with Crippen molar-refractivity contribution in [3.05, 3.63) is 35.4 Å². The van der Waals surface area contributed by atoms with Crippen molar-refractivity contribution >= 4 is 11.6 Å². The van der Waals surface area contributed by atoms with Crippen LogP contribution < -0.4 is 5.32 Å². The first-order valence-corrected chi connectivity index (χ1v) is 6.36. The molecule has 1 heterocycles. The van der Waals surface area contributed by atoms with Crippen LogP contribution in [-0.2, 0) is 6.54 Å². The van der Waals surface area contributed by atoms with Crippen molar-refractivity contribution in [1.29, 1.82) is 0 Å². The Balaban J connectivity index is 2.07. The van der Waals surface area contributed by atoms with Gasteiger partial charge >= 0.3 is 0 Å². The smallest absolute Gasteiger partial charge is 0.0560 e. The molecule has 0 saturated carbocycles. The molecular formula is C13H19ClN2. The third-order valence-corrected chi connectivity index (χ3v) is 3.32. The quantitative estimate of drug-likeness (QED) is 0.814. The molecule has 0 aliphatic carbocycles. The highest BCUT2D eigenvalue weighted by Crippen LogP contribution is 2.24. The van der Waals surface area contributed by atoms with E-state index in [0.29, 0.717) is 0 Å². The summed E-state index contributed by atoms with van der Waals surface area (Å²) in [5, 5.41) is 3.47. The van der Waals surface area contributed by atoms with Gasteiger partial charge in [-0.1, -0.05) is 24.3 Å². The summed E-state index contributed by atoms with van der Waals surface area (Å²) in [5.41, 5.74) is 2.63. The number of rotatable bonds is 3. The molecule has 1 N–H and O–H groups in total. The van der Waals surface area contributed by atoms with Crippen molar-refractivity contribution in [2.24, 2.45) is 0 Å². The number of nitrogens with zero attached hydrogens (tertiary/aromatic N) is 1. The van der Waals surface area contributed by atoms with E-state index in [2.05, 4.69) is 34.5 Å². The molecule has 0 spiro atoms. The van der Waals surface area contributed by atoms with Gasteiger partial charge in [-0.25, -0.2) is 0 Å². The molecule has 1 saturated heterocycles. The van der Waals surface area contributed by atoms with Crippen LogP contribution in [0.4, 0.5) is 0 Å². The third kappa shape index (κ3) is 2.97. The summed E-state index contributed by atoms with van der Waals surface area (Å²) in [6.07, 6.45) is 0. The van der Waals surface area contributed by atoms with E-state index >= 15 is 0 Å². The largest absolute Gasteiger partial charge is 0.314 e. The van der Waals surface area contributed by atoms with Gasteiger partial charge in [-0.2, -0.15) is 0 Å². The molecule has 1 aliphatic rings. The second-order valence-corrected chi connectivity index (χ2v) is 5.00. The van der Waals surface area contributed by atoms with Crippen molar-refractivity contribution in [2.45, 2.75) is 18.8 Å². The van der Waals surface area contributed by atoms with E-state index in [1.54, 1.807) is 0 Å². The van der Waals surface area contributed by atoms with Crippen LogP contribution in [0.1, 0.15) is 23.4 Å². The van der Waals surface area contributed by atoms with Crippen LogP contribution in [0.5, 0.6) is 0 Å². The molecule has 0 bridgehead atoms. The van der Waals surface area contributed by atoms with E-state index in [9.17, 15) is 0 Å². The van der Waals surface area contributed by atoms with Gasteiger partial charge in [-0.15, -0.1) is 11.6 Å². The van der Waals surface area contributed by atoms with Crippen molar-refractivity contribution in [3.63, 3.8) is 0 Å². The first-order valence-electron chi connectivity index (χ1n) is 5.92. The van der Waals surface area contributed by atoms with Gasteiger partial charge in [0.15, 0.2) is 0 Å². The first-order chi connectivity index (χ1) is 7.77. The van der Waals surface area contributed by atoms with Gasteiger partial charge < -0.3 is 5.32 Å². The van der Waals surface area contributed by atoms with E-state index in [1.165, 1.54) is 11.1 Å². The first kappa shape index (κ1) is 11.9. The van der Waals surface area contributed by atoms with Crippen LogP contribution in [0.2, 0.25) is 0 Å². The van der Waals surface area contributed by atoms with Gasteiger partial charge in [-0.05, 0) is 18.1 Å². The molecule has 2 nitrogen and oxygen atoms in total. The maximum atomic E-state index is 6.20. The van der Waals surface area contributed by atoms with Gasteiger partial charge in [0, 0.05) is 32.7 Å². The summed E-state index contributed by atoms with van der Waals surface area (Å²) < 4.78 is 0. The minimum atomic E-state index is 0.0964. The van der Waals surface area contributed by atoms with E-state index in [4.69, 9.17) is 11.6 Å². The highest BCUT2D eigenvalue weighted by atomic mass is 35.5. The Hall–Kier alpha value is -0.570. The topological polar surface area (TPSA) is 15.3 Å². The van der Waals surface area contributed by atoms with Crippen LogP contribution in [0.15, 0.2) is 24.3 Å². The van der Waals surface area contributed by atoms with Crippen molar-refractivity contribution < 1.29 is 0 Å². The van der Waals surface area contributed by atoms with E-state index in [1.807, 2.05) is 6.92 Å². The Labute approximate surface area is 103 Å². The summed E-state index contributed by atoms with van der Waals surface area (Å²) in [6.45, 7) is 7.51. The molecular weight excluding hydrogens is 220 g/mol. The molecule has 16 heavy (non-hydrogen) atoms. The number of benzene rings is 1. The van der Waals surface area contributed by atoms with E-state index < -0.39 is 0 Å². The summed E-state index contributed by atoms with van der Waals surface area (Å²) in [7, 11) is 0. The monoisotopic (exact) mass is 238 g/mol. The Kier molecular flexibility index (Phi) is 4.22. The van der Waals surface area contributed by atoms with Crippen LogP contribution in [-0.4, -0.2) is 31.1 Å². The standard InChI is InChI=1S/C13H19ClN2/c1-11(14)13-5-3-2-4-12(13)10-16-8-6-15-7-9-16/h2-5,11,15H,6-10H2,1H3. The van der Waals surface area contributed by atoms with E-state index in [0.717, 1.165) is 32.7 Å². The zero-order valence-corrected chi connectivity index (χ0v) is 10.5. The predicted octanol–water partition coefficient (Wildman–Crippen LogP) is 2.39. The lowest BCUT2D eigenvalue weighted by molar-refractivity contribution is 0.232. The Morgan fingerprint density at radius 2 is 2.00 bits per heavy atom. The Morgan fingerprint density at radius 3 is 2.69 bits per heavy atom. The molecule has 2 rings (SSSR count). The maximum Gasteiger partial charge on any atom is 0.0560 e. The van der Waals surface area contributed by atoms with Gasteiger partial charge in [0.25, 0.3) is 0 Å². The fraction of sp³-hybridized carbons (Fsp3) is 0.538. The Bertz CT molecular complexity index is 332. The van der Waals surface area contributed by atoms with Crippen LogP contribution in [0.25, 0.3) is 0 Å². The lowest BCUT2D eigenvalue weighted by Gasteiger charge is -2.28. The second kappa shape index (κ2) is 5.67. The lowest BCUT2D eigenvalue weighted by Crippen LogP contribution is -2.43. The summed E-state index contributed by atoms with van der Waals surface area (Å²) >= 11 is 6.20. The van der Waals surface area contributed by atoms with Crippen molar-refractivity contribution in [3.8, 4) is 0 Å². The zero-order valence-electron chi connectivity index (χ0n) is 9.75. The minimum Gasteiger partial charge on any atom is -0.314 e. The van der Waals surface area contributed by atoms with Crippen molar-refractivity contribution in [1.82, 2.24) is 10.2 Å². The number of alkyl halides is 1. The van der Waals surface area contributed by atoms with Gasteiger partial charge in [0.1, 0.15) is 0 Å². The minimum absolute atomic E-state index is 0.0964. The molecule has 0 amide bonds. The second-order valence-electron chi connectivity index (χ2n) is 4.34. The highest BCUT2D eigenvalue weighted by Gasteiger charge is 2.13. The molecule has 0 radical (unpaired) electrons.